The number of rotatable bonds is 0. The Bertz CT molecular complexity index is 408. The van der Waals surface area contributed by atoms with Gasteiger partial charge in [0, 0.05) is 0 Å². The first-order valence-corrected chi connectivity index (χ1v) is 4.35. The Balaban J connectivity index is 2.64. The van der Waals surface area contributed by atoms with E-state index in [9.17, 15) is 8.78 Å². The van der Waals surface area contributed by atoms with Gasteiger partial charge in [0.05, 0.1) is 5.56 Å². The summed E-state index contributed by atoms with van der Waals surface area (Å²) < 4.78 is 31.2. The van der Waals surface area contributed by atoms with Crippen molar-refractivity contribution in [3.63, 3.8) is 0 Å². The molecule has 0 N–H and O–H groups in total. The molecular formula is C11H10F2O. The highest BCUT2D eigenvalue weighted by Crippen LogP contribution is 2.39. The first kappa shape index (κ1) is 9.19. The summed E-state index contributed by atoms with van der Waals surface area (Å²) in [5.74, 6) is 0.242. The summed E-state index contributed by atoms with van der Waals surface area (Å²) >= 11 is 0. The highest BCUT2D eigenvalue weighted by atomic mass is 19.3. The van der Waals surface area contributed by atoms with E-state index in [1.165, 1.54) is 13.0 Å². The van der Waals surface area contributed by atoms with Crippen LogP contribution in [-0.4, -0.2) is 0 Å². The highest BCUT2D eigenvalue weighted by Gasteiger charge is 2.39. The molecule has 2 rings (SSSR count). The molecule has 1 heterocycles. The van der Waals surface area contributed by atoms with Gasteiger partial charge < -0.3 is 4.74 Å². The van der Waals surface area contributed by atoms with Crippen molar-refractivity contribution in [2.24, 2.45) is 0 Å². The van der Waals surface area contributed by atoms with Gasteiger partial charge in [-0.05, 0) is 31.6 Å². The number of benzene rings is 1. The van der Waals surface area contributed by atoms with Crippen LogP contribution in [0, 0.1) is 6.92 Å². The van der Waals surface area contributed by atoms with E-state index in [0.717, 1.165) is 5.56 Å². The highest BCUT2D eigenvalue weighted by molar-refractivity contribution is 5.58. The van der Waals surface area contributed by atoms with Gasteiger partial charge in [-0.2, -0.15) is 8.78 Å². The molecule has 0 saturated carbocycles. The van der Waals surface area contributed by atoms with E-state index in [-0.39, 0.29) is 11.3 Å². The third kappa shape index (κ3) is 1.39. The molecule has 1 aromatic rings. The Morgan fingerprint density at radius 3 is 2.64 bits per heavy atom. The lowest BCUT2D eigenvalue weighted by molar-refractivity contribution is -0.225. The second kappa shape index (κ2) is 2.80. The Hall–Kier alpha value is -1.38. The predicted molar refractivity (Wildman–Crippen MR) is 49.8 cm³/mol. The molecule has 1 nitrogen and oxygen atoms in total. The predicted octanol–water partition coefficient (Wildman–Crippen LogP) is 3.44. The quantitative estimate of drug-likeness (QED) is 0.617. The Morgan fingerprint density at radius 1 is 1.21 bits per heavy atom. The Kier molecular flexibility index (Phi) is 1.84. The molecule has 1 aliphatic rings. The van der Waals surface area contributed by atoms with Gasteiger partial charge in [0.2, 0.25) is 0 Å². The monoisotopic (exact) mass is 196 g/mol. The summed E-state index contributed by atoms with van der Waals surface area (Å²) in [6.07, 6.45) is -1.58. The van der Waals surface area contributed by atoms with Crippen molar-refractivity contribution in [3.05, 3.63) is 40.6 Å². The molecule has 0 spiro atoms. The molecule has 3 heteroatoms. The average molecular weight is 196 g/mol. The maximum atomic E-state index is 13.4. The zero-order chi connectivity index (χ0) is 10.3. The minimum atomic E-state index is -3.19. The van der Waals surface area contributed by atoms with E-state index in [4.69, 9.17) is 0 Å². The van der Waals surface area contributed by atoms with Crippen LogP contribution in [-0.2, 0) is 10.8 Å². The molecule has 1 aliphatic heterocycles. The van der Waals surface area contributed by atoms with E-state index in [1.807, 2.05) is 6.07 Å². The first-order valence-electron chi connectivity index (χ1n) is 4.35. The van der Waals surface area contributed by atoms with Crippen molar-refractivity contribution in [1.82, 2.24) is 0 Å². The molecule has 0 atom stereocenters. The van der Waals surface area contributed by atoms with Crippen LogP contribution < -0.4 is 0 Å². The summed E-state index contributed by atoms with van der Waals surface area (Å²) in [7, 11) is 0. The number of hydrogen-bond donors (Lipinski definition) is 0. The normalized spacial score (nSPS) is 18.1. The van der Waals surface area contributed by atoms with Gasteiger partial charge in [0.25, 0.3) is 0 Å². The van der Waals surface area contributed by atoms with Crippen molar-refractivity contribution in [2.45, 2.75) is 20.0 Å². The molecule has 74 valence electrons. The number of alkyl halides is 2. The molecular weight excluding hydrogens is 186 g/mol. The molecule has 0 fully saturated rings. The number of allylic oxidation sites excluding steroid dienone is 1. The third-order valence-electron chi connectivity index (χ3n) is 2.17. The van der Waals surface area contributed by atoms with Gasteiger partial charge in [0.15, 0.2) is 0 Å². The maximum Gasteiger partial charge on any atom is 0.426 e. The van der Waals surface area contributed by atoms with Crippen molar-refractivity contribution in [2.75, 3.05) is 0 Å². The Morgan fingerprint density at radius 2 is 1.93 bits per heavy atom. The number of fused-ring (bicyclic) bond motifs is 1. The lowest BCUT2D eigenvalue weighted by Gasteiger charge is -2.24. The van der Waals surface area contributed by atoms with Crippen LogP contribution in [0.3, 0.4) is 0 Å². The fraction of sp³-hybridized carbons (Fsp3) is 0.273. The van der Waals surface area contributed by atoms with Crippen LogP contribution in [0.2, 0.25) is 0 Å². The number of halogens is 2. The molecule has 14 heavy (non-hydrogen) atoms. The molecule has 0 bridgehead atoms. The van der Waals surface area contributed by atoms with E-state index >= 15 is 0 Å². The molecule has 0 radical (unpaired) electrons. The van der Waals surface area contributed by atoms with Crippen molar-refractivity contribution >= 4 is 6.08 Å². The van der Waals surface area contributed by atoms with E-state index < -0.39 is 6.11 Å². The minimum Gasteiger partial charge on any atom is -0.434 e. The largest absolute Gasteiger partial charge is 0.434 e. The number of ether oxygens (including phenoxy) is 1. The second-order valence-electron chi connectivity index (χ2n) is 3.46. The third-order valence-corrected chi connectivity index (χ3v) is 2.17. The number of hydrogen-bond acceptors (Lipinski definition) is 1. The van der Waals surface area contributed by atoms with Crippen molar-refractivity contribution in [1.29, 1.82) is 0 Å². The van der Waals surface area contributed by atoms with Crippen LogP contribution in [0.15, 0.2) is 24.0 Å². The van der Waals surface area contributed by atoms with Crippen LogP contribution >= 0.6 is 0 Å². The van der Waals surface area contributed by atoms with Gasteiger partial charge >= 0.3 is 6.11 Å². The fourth-order valence-electron chi connectivity index (χ4n) is 1.55. The number of aryl methyl sites for hydroxylation is 1. The smallest absolute Gasteiger partial charge is 0.426 e. The van der Waals surface area contributed by atoms with E-state index in [0.29, 0.717) is 5.56 Å². The summed E-state index contributed by atoms with van der Waals surface area (Å²) in [6.45, 7) is 3.30. The zero-order valence-corrected chi connectivity index (χ0v) is 7.97. The van der Waals surface area contributed by atoms with Gasteiger partial charge in [-0.15, -0.1) is 0 Å². The van der Waals surface area contributed by atoms with Crippen LogP contribution in [0.4, 0.5) is 8.78 Å². The summed E-state index contributed by atoms with van der Waals surface area (Å²) in [5.41, 5.74) is 1.28. The lowest BCUT2D eigenvalue weighted by atomic mass is 10.0. The average Bonchev–Trinajstić information content (AvgIpc) is 2.05. The summed E-state index contributed by atoms with van der Waals surface area (Å²) in [5, 5.41) is 0. The molecule has 0 aromatic heterocycles. The maximum absolute atomic E-state index is 13.4. The molecule has 0 amide bonds. The topological polar surface area (TPSA) is 9.23 Å². The summed E-state index contributed by atoms with van der Waals surface area (Å²) in [6, 6.07) is 4.95. The molecule has 0 aliphatic carbocycles. The van der Waals surface area contributed by atoms with Gasteiger partial charge in [-0.3, -0.25) is 0 Å². The SMILES string of the molecule is CC1=Cc2ccc(C)cc2C(F)(F)O1. The van der Waals surface area contributed by atoms with E-state index in [2.05, 4.69) is 4.74 Å². The van der Waals surface area contributed by atoms with E-state index in [1.54, 1.807) is 19.1 Å². The van der Waals surface area contributed by atoms with Crippen LogP contribution in [0.25, 0.3) is 6.08 Å². The second-order valence-corrected chi connectivity index (χ2v) is 3.46. The molecule has 0 saturated heterocycles. The lowest BCUT2D eigenvalue weighted by Crippen LogP contribution is -2.21. The van der Waals surface area contributed by atoms with Gasteiger partial charge in [-0.1, -0.05) is 17.7 Å². The fourth-order valence-corrected chi connectivity index (χ4v) is 1.55. The minimum absolute atomic E-state index is 0.0527. The van der Waals surface area contributed by atoms with Crippen molar-refractivity contribution < 1.29 is 13.5 Å². The van der Waals surface area contributed by atoms with Gasteiger partial charge in [-0.25, -0.2) is 0 Å². The Labute approximate surface area is 81.0 Å². The van der Waals surface area contributed by atoms with Crippen LogP contribution in [0.5, 0.6) is 0 Å². The molecule has 1 aromatic carbocycles. The first-order chi connectivity index (χ1) is 6.49. The zero-order valence-electron chi connectivity index (χ0n) is 7.97. The standard InChI is InChI=1S/C11H10F2O/c1-7-3-4-9-6-8(2)14-11(12,13)10(9)5-7/h3-6H,1-2H3. The molecule has 0 unspecified atom stereocenters. The van der Waals surface area contributed by atoms with Crippen LogP contribution in [0.1, 0.15) is 23.6 Å². The summed E-state index contributed by atoms with van der Waals surface area (Å²) in [4.78, 5) is 0. The van der Waals surface area contributed by atoms with Gasteiger partial charge in [0.1, 0.15) is 5.76 Å². The van der Waals surface area contributed by atoms with Crippen molar-refractivity contribution in [3.8, 4) is 0 Å².